The maximum Gasteiger partial charge on any atom is 0.224 e. The van der Waals surface area contributed by atoms with Gasteiger partial charge in [-0.15, -0.1) is 0 Å². The molecule has 18 heavy (non-hydrogen) atoms. The molecule has 0 saturated carbocycles. The summed E-state index contributed by atoms with van der Waals surface area (Å²) in [7, 11) is 0. The summed E-state index contributed by atoms with van der Waals surface area (Å²) in [5.74, 6) is 0.189. The Morgan fingerprint density at radius 3 is 2.61 bits per heavy atom. The van der Waals surface area contributed by atoms with Crippen LogP contribution in [0.5, 0.6) is 0 Å². The van der Waals surface area contributed by atoms with E-state index in [1.807, 2.05) is 43.9 Å². The van der Waals surface area contributed by atoms with Crippen molar-refractivity contribution in [2.75, 3.05) is 30.7 Å². The van der Waals surface area contributed by atoms with Crippen molar-refractivity contribution in [1.82, 2.24) is 4.90 Å². The van der Waals surface area contributed by atoms with Crippen LogP contribution in [0.3, 0.4) is 0 Å². The summed E-state index contributed by atoms with van der Waals surface area (Å²) in [6, 6.07) is 5.77. The van der Waals surface area contributed by atoms with Crippen molar-refractivity contribution in [3.8, 4) is 0 Å². The lowest BCUT2D eigenvalue weighted by atomic mass is 10.1. The van der Waals surface area contributed by atoms with Gasteiger partial charge in [0.25, 0.3) is 0 Å². The number of anilines is 2. The summed E-state index contributed by atoms with van der Waals surface area (Å²) in [5, 5.41) is 3.26. The van der Waals surface area contributed by atoms with E-state index in [4.69, 9.17) is 5.73 Å². The minimum Gasteiger partial charge on any atom is -0.398 e. The van der Waals surface area contributed by atoms with Gasteiger partial charge in [-0.25, -0.2) is 0 Å². The number of nitrogens with two attached hydrogens (primary N) is 1. The number of nitrogens with zero attached hydrogens (tertiary/aromatic N) is 1. The van der Waals surface area contributed by atoms with Crippen molar-refractivity contribution in [3.63, 3.8) is 0 Å². The Kier molecular flexibility index (Phi) is 5.49. The van der Waals surface area contributed by atoms with Crippen LogP contribution in [0.15, 0.2) is 18.2 Å². The molecule has 1 rings (SSSR count). The lowest BCUT2D eigenvalue weighted by molar-refractivity contribution is -0.130. The van der Waals surface area contributed by atoms with Gasteiger partial charge in [-0.1, -0.05) is 6.07 Å². The molecule has 0 aliphatic rings. The SMILES string of the molecule is CCN(CC)C(=O)CCNc1cccc(N)c1C. The first-order valence-corrected chi connectivity index (χ1v) is 6.46. The van der Waals surface area contributed by atoms with E-state index in [9.17, 15) is 4.79 Å². The fourth-order valence-corrected chi connectivity index (χ4v) is 1.88. The number of carbonyl (C=O) groups excluding carboxylic acids is 1. The largest absolute Gasteiger partial charge is 0.398 e. The van der Waals surface area contributed by atoms with Crippen molar-refractivity contribution in [2.45, 2.75) is 27.2 Å². The summed E-state index contributed by atoms with van der Waals surface area (Å²) in [6.07, 6.45) is 0.510. The normalized spacial score (nSPS) is 10.2. The van der Waals surface area contributed by atoms with E-state index in [0.717, 1.165) is 30.0 Å². The first kappa shape index (κ1) is 14.4. The van der Waals surface area contributed by atoms with E-state index in [0.29, 0.717) is 13.0 Å². The zero-order chi connectivity index (χ0) is 13.5. The Balaban J connectivity index is 2.47. The minimum atomic E-state index is 0.189. The predicted molar refractivity (Wildman–Crippen MR) is 76.6 cm³/mol. The van der Waals surface area contributed by atoms with E-state index >= 15 is 0 Å². The molecule has 0 saturated heterocycles. The number of amides is 1. The maximum absolute atomic E-state index is 11.8. The third-order valence-electron chi connectivity index (χ3n) is 3.15. The van der Waals surface area contributed by atoms with Crippen LogP contribution >= 0.6 is 0 Å². The summed E-state index contributed by atoms with van der Waals surface area (Å²) < 4.78 is 0. The third-order valence-corrected chi connectivity index (χ3v) is 3.15. The Labute approximate surface area is 109 Å². The molecule has 1 aromatic rings. The minimum absolute atomic E-state index is 0.189. The van der Waals surface area contributed by atoms with Gasteiger partial charge >= 0.3 is 0 Å². The van der Waals surface area contributed by atoms with E-state index in [-0.39, 0.29) is 5.91 Å². The van der Waals surface area contributed by atoms with Gasteiger partial charge in [0.05, 0.1) is 0 Å². The smallest absolute Gasteiger partial charge is 0.224 e. The predicted octanol–water partition coefficient (Wildman–Crippen LogP) is 2.25. The van der Waals surface area contributed by atoms with E-state index in [1.165, 1.54) is 0 Å². The van der Waals surface area contributed by atoms with Crippen LogP contribution in [-0.2, 0) is 4.79 Å². The molecule has 0 atom stereocenters. The molecule has 4 nitrogen and oxygen atoms in total. The van der Waals surface area contributed by atoms with Crippen LogP contribution in [0, 0.1) is 6.92 Å². The molecule has 0 radical (unpaired) electrons. The molecule has 0 heterocycles. The maximum atomic E-state index is 11.8. The molecule has 0 aliphatic carbocycles. The van der Waals surface area contributed by atoms with Gasteiger partial charge in [-0.2, -0.15) is 0 Å². The lowest BCUT2D eigenvalue weighted by Crippen LogP contribution is -2.31. The number of nitrogens with one attached hydrogen (secondary N) is 1. The van der Waals surface area contributed by atoms with Crippen LogP contribution < -0.4 is 11.1 Å². The topological polar surface area (TPSA) is 58.4 Å². The van der Waals surface area contributed by atoms with Crippen molar-refractivity contribution in [1.29, 1.82) is 0 Å². The Hall–Kier alpha value is -1.71. The second-order valence-electron chi connectivity index (χ2n) is 4.26. The van der Waals surface area contributed by atoms with Gasteiger partial charge in [0, 0.05) is 37.4 Å². The van der Waals surface area contributed by atoms with Crippen molar-refractivity contribution >= 4 is 17.3 Å². The van der Waals surface area contributed by atoms with Gasteiger partial charge < -0.3 is 16.0 Å². The molecule has 0 unspecified atom stereocenters. The van der Waals surface area contributed by atoms with Gasteiger partial charge in [0.2, 0.25) is 5.91 Å². The summed E-state index contributed by atoms with van der Waals surface area (Å²) in [4.78, 5) is 13.6. The monoisotopic (exact) mass is 249 g/mol. The number of rotatable bonds is 6. The van der Waals surface area contributed by atoms with Crippen molar-refractivity contribution in [2.24, 2.45) is 0 Å². The van der Waals surface area contributed by atoms with E-state index in [1.54, 1.807) is 0 Å². The second-order valence-corrected chi connectivity index (χ2v) is 4.26. The Morgan fingerprint density at radius 2 is 2.00 bits per heavy atom. The highest BCUT2D eigenvalue weighted by Gasteiger charge is 2.09. The molecule has 4 heteroatoms. The third kappa shape index (κ3) is 3.65. The number of hydrogen-bond acceptors (Lipinski definition) is 3. The number of benzene rings is 1. The summed E-state index contributed by atoms with van der Waals surface area (Å²) in [5.41, 5.74) is 8.64. The average Bonchev–Trinajstić information content (AvgIpc) is 2.36. The molecule has 0 aromatic heterocycles. The molecule has 100 valence electrons. The van der Waals surface area contributed by atoms with Crippen molar-refractivity contribution < 1.29 is 4.79 Å². The summed E-state index contributed by atoms with van der Waals surface area (Å²) in [6.45, 7) is 8.15. The molecule has 0 aliphatic heterocycles. The first-order valence-electron chi connectivity index (χ1n) is 6.46. The van der Waals surface area contributed by atoms with Gasteiger partial charge in [-0.3, -0.25) is 4.79 Å². The van der Waals surface area contributed by atoms with Crippen LogP contribution in [0.2, 0.25) is 0 Å². The zero-order valence-corrected chi connectivity index (χ0v) is 11.5. The molecular weight excluding hydrogens is 226 g/mol. The van der Waals surface area contributed by atoms with Crippen LogP contribution in [0.25, 0.3) is 0 Å². The molecule has 0 bridgehead atoms. The molecule has 0 spiro atoms. The molecule has 1 amide bonds. The molecule has 3 N–H and O–H groups in total. The summed E-state index contributed by atoms with van der Waals surface area (Å²) >= 11 is 0. The van der Waals surface area contributed by atoms with Crippen LogP contribution in [-0.4, -0.2) is 30.4 Å². The highest BCUT2D eigenvalue weighted by atomic mass is 16.2. The van der Waals surface area contributed by atoms with Crippen LogP contribution in [0.4, 0.5) is 11.4 Å². The Morgan fingerprint density at radius 1 is 1.33 bits per heavy atom. The van der Waals surface area contributed by atoms with E-state index < -0.39 is 0 Å². The van der Waals surface area contributed by atoms with Gasteiger partial charge in [-0.05, 0) is 38.5 Å². The van der Waals surface area contributed by atoms with Gasteiger partial charge in [0.1, 0.15) is 0 Å². The van der Waals surface area contributed by atoms with E-state index in [2.05, 4.69) is 5.32 Å². The quantitative estimate of drug-likeness (QED) is 0.760. The number of hydrogen-bond donors (Lipinski definition) is 2. The highest BCUT2D eigenvalue weighted by Crippen LogP contribution is 2.20. The fourth-order valence-electron chi connectivity index (χ4n) is 1.88. The number of nitrogen functional groups attached to an aromatic ring is 1. The molecular formula is C14H23N3O. The zero-order valence-electron chi connectivity index (χ0n) is 11.5. The van der Waals surface area contributed by atoms with Crippen molar-refractivity contribution in [3.05, 3.63) is 23.8 Å². The van der Waals surface area contributed by atoms with Gasteiger partial charge in [0.15, 0.2) is 0 Å². The fraction of sp³-hybridized carbons (Fsp3) is 0.500. The number of carbonyl (C=O) groups is 1. The standard InChI is InChI=1S/C14H23N3O/c1-4-17(5-2)14(18)9-10-16-13-8-6-7-12(15)11(13)3/h6-8,16H,4-5,9-10,15H2,1-3H3. The highest BCUT2D eigenvalue weighted by molar-refractivity contribution is 5.76. The average molecular weight is 249 g/mol. The first-order chi connectivity index (χ1) is 8.60. The molecule has 0 fully saturated rings. The van der Waals surface area contributed by atoms with Crippen LogP contribution in [0.1, 0.15) is 25.8 Å². The second kappa shape index (κ2) is 6.89. The Bertz CT molecular complexity index is 400. The lowest BCUT2D eigenvalue weighted by Gasteiger charge is -2.19. The molecule has 1 aromatic carbocycles.